The van der Waals surface area contributed by atoms with Gasteiger partial charge in [-0.1, -0.05) is 6.07 Å². The summed E-state index contributed by atoms with van der Waals surface area (Å²) in [5.41, 5.74) is 2.46. The second kappa shape index (κ2) is 9.26. The molecule has 1 aromatic rings. The van der Waals surface area contributed by atoms with Gasteiger partial charge in [-0.15, -0.1) is 12.4 Å². The molecule has 1 aromatic carbocycles. The fraction of sp³-hybridized carbons (Fsp3) is 0.625. The lowest BCUT2D eigenvalue weighted by Crippen LogP contribution is -2.48. The van der Waals surface area contributed by atoms with Crippen LogP contribution in [0, 0.1) is 0 Å². The zero-order valence-electron chi connectivity index (χ0n) is 13.2. The average Bonchev–Trinajstić information content (AvgIpc) is 2.45. The van der Waals surface area contributed by atoms with E-state index in [1.54, 1.807) is 7.11 Å². The van der Waals surface area contributed by atoms with Gasteiger partial charge in [0.05, 0.1) is 13.7 Å². The molecular formula is C16H27ClN2O2. The van der Waals surface area contributed by atoms with Gasteiger partial charge in [0.25, 0.3) is 0 Å². The van der Waals surface area contributed by atoms with Crippen LogP contribution in [0.5, 0.6) is 5.75 Å². The molecule has 0 saturated carbocycles. The first kappa shape index (κ1) is 18.2. The third kappa shape index (κ3) is 5.47. The van der Waals surface area contributed by atoms with E-state index in [-0.39, 0.29) is 12.4 Å². The van der Waals surface area contributed by atoms with Crippen molar-refractivity contribution >= 4 is 12.4 Å². The Morgan fingerprint density at radius 3 is 2.86 bits per heavy atom. The summed E-state index contributed by atoms with van der Waals surface area (Å²) in [5.74, 6) is 0.913. The molecule has 0 radical (unpaired) electrons. The van der Waals surface area contributed by atoms with Crippen LogP contribution < -0.4 is 10.1 Å². The van der Waals surface area contributed by atoms with Crippen LogP contribution in [0.25, 0.3) is 0 Å². The Morgan fingerprint density at radius 1 is 1.38 bits per heavy atom. The van der Waals surface area contributed by atoms with E-state index in [4.69, 9.17) is 9.47 Å². The lowest BCUT2D eigenvalue weighted by atomic mass is 10.1. The van der Waals surface area contributed by atoms with Crippen LogP contribution in [0.4, 0.5) is 0 Å². The minimum atomic E-state index is 0. The lowest BCUT2D eigenvalue weighted by Gasteiger charge is -2.32. The third-order valence-corrected chi connectivity index (χ3v) is 3.67. The number of rotatable bonds is 6. The van der Waals surface area contributed by atoms with E-state index < -0.39 is 0 Å². The molecule has 1 aliphatic heterocycles. The first-order chi connectivity index (χ1) is 9.72. The van der Waals surface area contributed by atoms with Crippen LogP contribution in [0.2, 0.25) is 0 Å². The van der Waals surface area contributed by atoms with Gasteiger partial charge in [-0.3, -0.25) is 4.90 Å². The van der Waals surface area contributed by atoms with Crippen molar-refractivity contribution in [1.29, 1.82) is 0 Å². The quantitative estimate of drug-likeness (QED) is 0.874. The molecule has 1 heterocycles. The first-order valence-electron chi connectivity index (χ1n) is 7.42. The Morgan fingerprint density at radius 2 is 2.19 bits per heavy atom. The Bertz CT molecular complexity index is 429. The number of benzene rings is 1. The zero-order valence-corrected chi connectivity index (χ0v) is 14.0. The Labute approximate surface area is 134 Å². The number of nitrogens with one attached hydrogen (secondary N) is 1. The summed E-state index contributed by atoms with van der Waals surface area (Å²) in [6, 6.07) is 6.99. The van der Waals surface area contributed by atoms with Gasteiger partial charge < -0.3 is 14.8 Å². The van der Waals surface area contributed by atoms with Gasteiger partial charge in [0.15, 0.2) is 0 Å². The number of nitrogens with zero attached hydrogens (tertiary/aromatic N) is 1. The molecule has 0 amide bonds. The van der Waals surface area contributed by atoms with E-state index in [1.165, 1.54) is 5.56 Å². The van der Waals surface area contributed by atoms with Crippen molar-refractivity contribution in [2.45, 2.75) is 33.0 Å². The molecule has 0 spiro atoms. The maximum Gasteiger partial charge on any atom is 0.124 e. The highest BCUT2D eigenvalue weighted by Crippen LogP contribution is 2.22. The second-order valence-electron chi connectivity index (χ2n) is 5.37. The standard InChI is InChI=1S/C16H26N2O2.ClH/c1-4-20-12-15-9-14(5-6-16(15)19-3)11-18-8-7-17-13(2)10-18;/h5-6,9,13,17H,4,7-8,10-12H2,1-3H3;1H/t13-;/m1./s1. The van der Waals surface area contributed by atoms with Gasteiger partial charge in [0.2, 0.25) is 0 Å². The molecule has 1 saturated heterocycles. The van der Waals surface area contributed by atoms with Crippen molar-refractivity contribution in [3.8, 4) is 5.75 Å². The fourth-order valence-electron chi connectivity index (χ4n) is 2.67. The van der Waals surface area contributed by atoms with Crippen LogP contribution in [-0.2, 0) is 17.9 Å². The largest absolute Gasteiger partial charge is 0.496 e. The summed E-state index contributed by atoms with van der Waals surface area (Å²) in [6.07, 6.45) is 0. The molecule has 1 atom stereocenters. The maximum absolute atomic E-state index is 5.52. The van der Waals surface area contributed by atoms with E-state index in [0.717, 1.165) is 44.1 Å². The summed E-state index contributed by atoms with van der Waals surface area (Å²) >= 11 is 0. The summed E-state index contributed by atoms with van der Waals surface area (Å²) in [5, 5.41) is 3.47. The summed E-state index contributed by atoms with van der Waals surface area (Å²) in [6.45, 7) is 9.87. The van der Waals surface area contributed by atoms with Crippen LogP contribution in [0.1, 0.15) is 25.0 Å². The van der Waals surface area contributed by atoms with Crippen molar-refractivity contribution in [2.24, 2.45) is 0 Å². The number of ether oxygens (including phenoxy) is 2. The van der Waals surface area contributed by atoms with Crippen LogP contribution in [0.3, 0.4) is 0 Å². The van der Waals surface area contributed by atoms with E-state index in [1.807, 2.05) is 6.92 Å². The molecule has 5 heteroatoms. The molecule has 0 unspecified atom stereocenters. The minimum absolute atomic E-state index is 0. The van der Waals surface area contributed by atoms with Gasteiger partial charge in [-0.2, -0.15) is 0 Å². The number of hydrogen-bond donors (Lipinski definition) is 1. The van der Waals surface area contributed by atoms with Crippen LogP contribution in [0.15, 0.2) is 18.2 Å². The van der Waals surface area contributed by atoms with E-state index in [0.29, 0.717) is 12.6 Å². The summed E-state index contributed by atoms with van der Waals surface area (Å²) in [7, 11) is 1.71. The topological polar surface area (TPSA) is 33.7 Å². The number of piperazine rings is 1. The highest BCUT2D eigenvalue weighted by Gasteiger charge is 2.16. The SMILES string of the molecule is CCOCc1cc(CN2CCN[C@H](C)C2)ccc1OC.Cl. The second-order valence-corrected chi connectivity index (χ2v) is 5.37. The minimum Gasteiger partial charge on any atom is -0.496 e. The monoisotopic (exact) mass is 314 g/mol. The zero-order chi connectivity index (χ0) is 14.4. The maximum atomic E-state index is 5.52. The first-order valence-corrected chi connectivity index (χ1v) is 7.42. The lowest BCUT2D eigenvalue weighted by molar-refractivity contribution is 0.131. The van der Waals surface area contributed by atoms with Crippen LogP contribution >= 0.6 is 12.4 Å². The van der Waals surface area contributed by atoms with Crippen molar-refractivity contribution in [3.63, 3.8) is 0 Å². The van der Waals surface area contributed by atoms with Gasteiger partial charge in [0, 0.05) is 44.4 Å². The van der Waals surface area contributed by atoms with Gasteiger partial charge >= 0.3 is 0 Å². The number of hydrogen-bond acceptors (Lipinski definition) is 4. The Balaban J connectivity index is 0.00000220. The van der Waals surface area contributed by atoms with Crippen LogP contribution in [-0.4, -0.2) is 44.3 Å². The van der Waals surface area contributed by atoms with Gasteiger partial charge in [-0.05, 0) is 31.5 Å². The molecule has 0 aliphatic carbocycles. The van der Waals surface area contributed by atoms with Crippen molar-refractivity contribution < 1.29 is 9.47 Å². The molecular weight excluding hydrogens is 288 g/mol. The smallest absolute Gasteiger partial charge is 0.124 e. The van der Waals surface area contributed by atoms with E-state index >= 15 is 0 Å². The van der Waals surface area contributed by atoms with E-state index in [2.05, 4.69) is 35.3 Å². The highest BCUT2D eigenvalue weighted by molar-refractivity contribution is 5.85. The molecule has 1 aliphatic rings. The summed E-state index contributed by atoms with van der Waals surface area (Å²) in [4.78, 5) is 2.49. The molecule has 21 heavy (non-hydrogen) atoms. The predicted molar refractivity (Wildman–Crippen MR) is 88.3 cm³/mol. The molecule has 1 N–H and O–H groups in total. The van der Waals surface area contributed by atoms with Gasteiger partial charge in [0.1, 0.15) is 5.75 Å². The molecule has 1 fully saturated rings. The van der Waals surface area contributed by atoms with Crippen molar-refractivity contribution in [2.75, 3.05) is 33.4 Å². The molecule has 120 valence electrons. The molecule has 2 rings (SSSR count). The number of methoxy groups -OCH3 is 1. The third-order valence-electron chi connectivity index (χ3n) is 3.67. The average molecular weight is 315 g/mol. The molecule has 0 bridgehead atoms. The molecule has 4 nitrogen and oxygen atoms in total. The molecule has 0 aromatic heterocycles. The number of halogens is 1. The highest BCUT2D eigenvalue weighted by atomic mass is 35.5. The summed E-state index contributed by atoms with van der Waals surface area (Å²) < 4.78 is 10.9. The van der Waals surface area contributed by atoms with Crippen molar-refractivity contribution in [1.82, 2.24) is 10.2 Å². The Kier molecular flexibility index (Phi) is 8.04. The van der Waals surface area contributed by atoms with Crippen molar-refractivity contribution in [3.05, 3.63) is 29.3 Å². The normalized spacial score (nSPS) is 19.1. The predicted octanol–water partition coefficient (Wildman–Crippen LogP) is 2.45. The Hall–Kier alpha value is -0.810. The van der Waals surface area contributed by atoms with E-state index in [9.17, 15) is 0 Å². The van der Waals surface area contributed by atoms with Gasteiger partial charge in [-0.25, -0.2) is 0 Å². The fourth-order valence-corrected chi connectivity index (χ4v) is 2.67.